The van der Waals surface area contributed by atoms with Crippen LogP contribution < -0.4 is 15.5 Å². The highest BCUT2D eigenvalue weighted by Gasteiger charge is 2.14. The van der Waals surface area contributed by atoms with E-state index in [1.54, 1.807) is 13.1 Å². The van der Waals surface area contributed by atoms with Gasteiger partial charge < -0.3 is 24.8 Å². The van der Waals surface area contributed by atoms with Crippen LogP contribution >= 0.6 is 0 Å². The van der Waals surface area contributed by atoms with Gasteiger partial charge in [-0.05, 0) is 38.1 Å². The molecule has 2 N–H and O–H groups in total. The predicted octanol–water partition coefficient (Wildman–Crippen LogP) is 2.84. The maximum Gasteiger partial charge on any atom is 0.228 e. The molecule has 30 heavy (non-hydrogen) atoms. The molecule has 1 amide bonds. The van der Waals surface area contributed by atoms with Crippen molar-refractivity contribution in [1.82, 2.24) is 15.4 Å². The lowest BCUT2D eigenvalue weighted by Gasteiger charge is -2.28. The van der Waals surface area contributed by atoms with Gasteiger partial charge in [0.05, 0.1) is 37.2 Å². The summed E-state index contributed by atoms with van der Waals surface area (Å²) >= 11 is 0. The Kier molecular flexibility index (Phi) is 5.89. The van der Waals surface area contributed by atoms with Crippen molar-refractivity contribution in [3.05, 3.63) is 53.5 Å². The fraction of sp³-hybridized carbons (Fsp3) is 0.333. The molecule has 1 saturated heterocycles. The van der Waals surface area contributed by atoms with Crippen molar-refractivity contribution in [3.63, 3.8) is 0 Å². The zero-order valence-corrected chi connectivity index (χ0v) is 17.0. The Morgan fingerprint density at radius 1 is 1.13 bits per heavy atom. The fourth-order valence-corrected chi connectivity index (χ4v) is 3.32. The summed E-state index contributed by atoms with van der Waals surface area (Å²) in [6.45, 7) is 6.75. The molecule has 9 heteroatoms. The molecular weight excluding hydrogens is 384 g/mol. The van der Waals surface area contributed by atoms with E-state index in [-0.39, 0.29) is 12.3 Å². The predicted molar refractivity (Wildman–Crippen MR) is 113 cm³/mol. The minimum absolute atomic E-state index is 0.116. The number of ether oxygens (including phenoxy) is 1. The minimum atomic E-state index is -0.116. The Balaban J connectivity index is 1.36. The van der Waals surface area contributed by atoms with Gasteiger partial charge in [-0.15, -0.1) is 5.10 Å². The molecular formula is C21H24N6O3. The van der Waals surface area contributed by atoms with Gasteiger partial charge in [0, 0.05) is 36.1 Å². The van der Waals surface area contributed by atoms with Crippen molar-refractivity contribution >= 4 is 28.8 Å². The number of nitrogens with one attached hydrogen (secondary N) is 2. The molecule has 0 unspecified atom stereocenters. The van der Waals surface area contributed by atoms with Gasteiger partial charge in [0.2, 0.25) is 5.91 Å². The molecule has 0 spiro atoms. The molecule has 0 bridgehead atoms. The molecule has 2 aromatic heterocycles. The summed E-state index contributed by atoms with van der Waals surface area (Å²) < 4.78 is 10.5. The summed E-state index contributed by atoms with van der Waals surface area (Å²) in [7, 11) is 0. The van der Waals surface area contributed by atoms with Crippen LogP contribution in [0.5, 0.6) is 0 Å². The average molecular weight is 408 g/mol. The SMILES string of the molecule is Cc1noc(C)c1CC(=O)Nc1ccc(Nc2cc(N3CCOCC3)cnn2)cc1. The number of carbonyl (C=O) groups is 1. The van der Waals surface area contributed by atoms with Gasteiger partial charge in [-0.2, -0.15) is 5.10 Å². The smallest absolute Gasteiger partial charge is 0.228 e. The van der Waals surface area contributed by atoms with Crippen molar-refractivity contribution in [2.75, 3.05) is 41.8 Å². The van der Waals surface area contributed by atoms with Gasteiger partial charge in [0.25, 0.3) is 0 Å². The second kappa shape index (κ2) is 8.91. The Labute approximate surface area is 174 Å². The third-order valence-electron chi connectivity index (χ3n) is 4.98. The number of amides is 1. The van der Waals surface area contributed by atoms with Gasteiger partial charge in [-0.1, -0.05) is 5.16 Å². The highest BCUT2D eigenvalue weighted by molar-refractivity contribution is 5.92. The van der Waals surface area contributed by atoms with Crippen LogP contribution in [0.15, 0.2) is 41.1 Å². The van der Waals surface area contributed by atoms with E-state index in [9.17, 15) is 4.79 Å². The molecule has 3 heterocycles. The first-order valence-electron chi connectivity index (χ1n) is 9.82. The van der Waals surface area contributed by atoms with Crippen LogP contribution in [0, 0.1) is 13.8 Å². The van der Waals surface area contributed by atoms with E-state index in [1.165, 1.54) is 0 Å². The number of anilines is 4. The molecule has 1 fully saturated rings. The number of morpholine rings is 1. The summed E-state index contributed by atoms with van der Waals surface area (Å²) in [4.78, 5) is 14.5. The third-order valence-corrected chi connectivity index (χ3v) is 4.98. The summed E-state index contributed by atoms with van der Waals surface area (Å²) in [6.07, 6.45) is 1.99. The van der Waals surface area contributed by atoms with E-state index >= 15 is 0 Å². The Morgan fingerprint density at radius 3 is 2.57 bits per heavy atom. The van der Waals surface area contributed by atoms with Crippen molar-refractivity contribution < 1.29 is 14.1 Å². The lowest BCUT2D eigenvalue weighted by Crippen LogP contribution is -2.36. The first kappa shape index (κ1) is 19.8. The molecule has 0 saturated carbocycles. The zero-order valence-electron chi connectivity index (χ0n) is 17.0. The Hall–Kier alpha value is -3.46. The van der Waals surface area contributed by atoms with Gasteiger partial charge in [0.15, 0.2) is 5.82 Å². The van der Waals surface area contributed by atoms with E-state index in [1.807, 2.05) is 37.3 Å². The quantitative estimate of drug-likeness (QED) is 0.641. The number of hydrogen-bond acceptors (Lipinski definition) is 8. The van der Waals surface area contributed by atoms with E-state index in [0.717, 1.165) is 35.7 Å². The largest absolute Gasteiger partial charge is 0.378 e. The van der Waals surface area contributed by atoms with Crippen LogP contribution in [0.4, 0.5) is 22.9 Å². The normalized spacial score (nSPS) is 13.9. The maximum absolute atomic E-state index is 12.3. The lowest BCUT2D eigenvalue weighted by atomic mass is 10.1. The van der Waals surface area contributed by atoms with E-state index < -0.39 is 0 Å². The number of carbonyl (C=O) groups excluding carboxylic acids is 1. The van der Waals surface area contributed by atoms with Crippen LogP contribution in [-0.2, 0) is 16.0 Å². The number of rotatable bonds is 6. The molecule has 0 atom stereocenters. The number of nitrogens with zero attached hydrogens (tertiary/aromatic N) is 4. The van der Waals surface area contributed by atoms with Crippen molar-refractivity contribution in [2.45, 2.75) is 20.3 Å². The topological polar surface area (TPSA) is 105 Å². The lowest BCUT2D eigenvalue weighted by molar-refractivity contribution is -0.115. The van der Waals surface area contributed by atoms with E-state index in [0.29, 0.717) is 30.5 Å². The van der Waals surface area contributed by atoms with Crippen molar-refractivity contribution in [1.29, 1.82) is 0 Å². The summed E-state index contributed by atoms with van der Waals surface area (Å²) in [5.41, 5.74) is 4.14. The van der Waals surface area contributed by atoms with Crippen LogP contribution in [0.3, 0.4) is 0 Å². The van der Waals surface area contributed by atoms with Gasteiger partial charge in [-0.3, -0.25) is 4.79 Å². The summed E-state index contributed by atoms with van der Waals surface area (Å²) in [5, 5.41) is 18.3. The maximum atomic E-state index is 12.3. The second-order valence-corrected chi connectivity index (χ2v) is 7.13. The monoisotopic (exact) mass is 408 g/mol. The standard InChI is InChI=1S/C21H24N6O3/c1-14-19(15(2)30-26-14)12-21(28)24-17-5-3-16(4-6-17)23-20-11-18(13-22-25-20)27-7-9-29-10-8-27/h3-6,11,13H,7-10,12H2,1-2H3,(H,23,25)(H,24,28). The molecule has 1 aromatic carbocycles. The number of benzene rings is 1. The number of aryl methyl sites for hydroxylation is 2. The highest BCUT2D eigenvalue weighted by atomic mass is 16.5. The summed E-state index contributed by atoms with van der Waals surface area (Å²) in [5.74, 6) is 1.21. The first-order valence-corrected chi connectivity index (χ1v) is 9.82. The Bertz CT molecular complexity index is 992. The van der Waals surface area contributed by atoms with E-state index in [2.05, 4.69) is 30.9 Å². The molecule has 0 radical (unpaired) electrons. The van der Waals surface area contributed by atoms with Crippen LogP contribution in [0.25, 0.3) is 0 Å². The van der Waals surface area contributed by atoms with Gasteiger partial charge in [0.1, 0.15) is 5.76 Å². The molecule has 156 valence electrons. The zero-order chi connectivity index (χ0) is 20.9. The second-order valence-electron chi connectivity index (χ2n) is 7.13. The molecule has 3 aromatic rings. The third kappa shape index (κ3) is 4.74. The first-order chi connectivity index (χ1) is 14.6. The average Bonchev–Trinajstić information content (AvgIpc) is 3.08. The molecule has 1 aliphatic rings. The van der Waals surface area contributed by atoms with Crippen molar-refractivity contribution in [2.24, 2.45) is 0 Å². The Morgan fingerprint density at radius 2 is 1.87 bits per heavy atom. The summed E-state index contributed by atoms with van der Waals surface area (Å²) in [6, 6.07) is 9.42. The molecule has 0 aliphatic carbocycles. The highest BCUT2D eigenvalue weighted by Crippen LogP contribution is 2.22. The molecule has 1 aliphatic heterocycles. The minimum Gasteiger partial charge on any atom is -0.378 e. The number of aromatic nitrogens is 3. The van der Waals surface area contributed by atoms with Crippen LogP contribution in [0.2, 0.25) is 0 Å². The molecule has 9 nitrogen and oxygen atoms in total. The molecule has 4 rings (SSSR count). The fourth-order valence-electron chi connectivity index (χ4n) is 3.32. The van der Waals surface area contributed by atoms with Crippen LogP contribution in [0.1, 0.15) is 17.0 Å². The van der Waals surface area contributed by atoms with Gasteiger partial charge in [-0.25, -0.2) is 0 Å². The van der Waals surface area contributed by atoms with Crippen molar-refractivity contribution in [3.8, 4) is 0 Å². The van der Waals surface area contributed by atoms with Crippen LogP contribution in [-0.4, -0.2) is 47.6 Å². The van der Waals surface area contributed by atoms with E-state index in [4.69, 9.17) is 9.26 Å². The van der Waals surface area contributed by atoms with Gasteiger partial charge >= 0.3 is 0 Å². The number of hydrogen-bond donors (Lipinski definition) is 2.